The lowest BCUT2D eigenvalue weighted by Gasteiger charge is -2.28. The Kier molecular flexibility index (Phi) is 9.02. The third-order valence-corrected chi connectivity index (χ3v) is 3.36. The molecule has 1 unspecified atom stereocenters. The van der Waals surface area contributed by atoms with E-state index in [0.717, 1.165) is 25.8 Å². The average Bonchev–Trinajstić information content (AvgIpc) is 2.34. The molecule has 0 aliphatic heterocycles. The summed E-state index contributed by atoms with van der Waals surface area (Å²) in [5, 5.41) is 3.26. The Balaban J connectivity index is 4.28. The van der Waals surface area contributed by atoms with E-state index < -0.39 is 0 Å². The second kappa shape index (κ2) is 9.34. The first-order chi connectivity index (χ1) is 8.46. The first kappa shape index (κ1) is 17.4. The zero-order valence-electron chi connectivity index (χ0n) is 12.8. The first-order valence-corrected chi connectivity index (χ1v) is 7.00. The molecule has 0 radical (unpaired) electrons. The highest BCUT2D eigenvalue weighted by Gasteiger charge is 2.21. The van der Waals surface area contributed by atoms with Gasteiger partial charge in [-0.05, 0) is 26.3 Å². The third kappa shape index (κ3) is 6.36. The van der Waals surface area contributed by atoms with Crippen LogP contribution >= 0.6 is 0 Å². The van der Waals surface area contributed by atoms with Crippen LogP contribution in [0, 0.1) is 0 Å². The van der Waals surface area contributed by atoms with Crippen LogP contribution in [0.2, 0.25) is 0 Å². The van der Waals surface area contributed by atoms with E-state index in [9.17, 15) is 4.79 Å². The number of nitrogens with one attached hydrogen (secondary N) is 1. The van der Waals surface area contributed by atoms with Crippen LogP contribution in [0.15, 0.2) is 0 Å². The van der Waals surface area contributed by atoms with Crippen LogP contribution in [0.4, 0.5) is 0 Å². The molecule has 1 atom stereocenters. The Morgan fingerprint density at radius 1 is 1.28 bits per heavy atom. The number of carbonyl (C=O) groups excluding carboxylic acids is 1. The molecule has 0 aromatic heterocycles. The number of carbonyl (C=O) groups is 1. The number of hydrogen-bond acceptors (Lipinski definition) is 4. The van der Waals surface area contributed by atoms with Crippen molar-refractivity contribution in [1.82, 2.24) is 10.2 Å². The van der Waals surface area contributed by atoms with Crippen LogP contribution in [0.1, 0.15) is 47.0 Å². The molecule has 0 fully saturated rings. The van der Waals surface area contributed by atoms with Crippen LogP contribution in [0.3, 0.4) is 0 Å². The highest BCUT2D eigenvalue weighted by atomic mass is 16.5. The van der Waals surface area contributed by atoms with Crippen LogP contribution in [0.5, 0.6) is 0 Å². The highest BCUT2D eigenvalue weighted by Crippen LogP contribution is 2.08. The second-order valence-corrected chi connectivity index (χ2v) is 5.14. The molecule has 18 heavy (non-hydrogen) atoms. The molecule has 0 heterocycles. The minimum absolute atomic E-state index is 0.165. The largest absolute Gasteiger partial charge is 0.468 e. The van der Waals surface area contributed by atoms with Gasteiger partial charge in [-0.2, -0.15) is 0 Å². The van der Waals surface area contributed by atoms with E-state index in [4.69, 9.17) is 4.74 Å². The number of nitrogens with zero attached hydrogens (tertiary/aromatic N) is 1. The van der Waals surface area contributed by atoms with Crippen molar-refractivity contribution in [2.45, 2.75) is 65.1 Å². The summed E-state index contributed by atoms with van der Waals surface area (Å²) in [5.74, 6) is -0.165. The van der Waals surface area contributed by atoms with Crippen LogP contribution in [-0.2, 0) is 9.53 Å². The summed E-state index contributed by atoms with van der Waals surface area (Å²) in [6, 6.07) is 0.682. The van der Waals surface area contributed by atoms with Gasteiger partial charge in [0.1, 0.15) is 6.04 Å². The summed E-state index contributed by atoms with van der Waals surface area (Å²) >= 11 is 0. The molecule has 0 saturated heterocycles. The van der Waals surface area contributed by atoms with Gasteiger partial charge in [0.2, 0.25) is 0 Å². The number of rotatable bonds is 9. The third-order valence-electron chi connectivity index (χ3n) is 3.36. The lowest BCUT2D eigenvalue weighted by atomic mass is 10.1. The summed E-state index contributed by atoms with van der Waals surface area (Å²) < 4.78 is 4.84. The van der Waals surface area contributed by atoms with Gasteiger partial charge < -0.3 is 15.0 Å². The smallest absolute Gasteiger partial charge is 0.322 e. The van der Waals surface area contributed by atoms with E-state index in [1.165, 1.54) is 7.11 Å². The Labute approximate surface area is 112 Å². The fourth-order valence-electron chi connectivity index (χ4n) is 2.24. The highest BCUT2D eigenvalue weighted by molar-refractivity contribution is 5.75. The van der Waals surface area contributed by atoms with E-state index in [2.05, 4.69) is 31.1 Å². The van der Waals surface area contributed by atoms with Crippen LogP contribution < -0.4 is 5.32 Å². The Bertz CT molecular complexity index is 228. The summed E-state index contributed by atoms with van der Waals surface area (Å²) in [6.07, 6.45) is 3.08. The van der Waals surface area contributed by atoms with Gasteiger partial charge in [0.05, 0.1) is 7.11 Å². The molecule has 108 valence electrons. The average molecular weight is 258 g/mol. The monoisotopic (exact) mass is 258 g/mol. The first-order valence-electron chi connectivity index (χ1n) is 7.00. The van der Waals surface area contributed by atoms with Crippen molar-refractivity contribution >= 4 is 5.97 Å². The minimum atomic E-state index is -0.202. The summed E-state index contributed by atoms with van der Waals surface area (Å²) in [5.41, 5.74) is 0. The standard InChI is InChI=1S/C14H30N2O2/c1-7-12(8-2)16(5)10-9-13(14(17)18-6)15-11(3)4/h11-13,15H,7-10H2,1-6H3. The molecule has 1 N–H and O–H groups in total. The maximum Gasteiger partial charge on any atom is 0.322 e. The predicted molar refractivity (Wildman–Crippen MR) is 75.7 cm³/mol. The van der Waals surface area contributed by atoms with Crippen molar-refractivity contribution in [3.63, 3.8) is 0 Å². The lowest BCUT2D eigenvalue weighted by molar-refractivity contribution is -0.143. The molecular formula is C14H30N2O2. The van der Waals surface area contributed by atoms with Gasteiger partial charge in [0.25, 0.3) is 0 Å². The summed E-state index contributed by atoms with van der Waals surface area (Å²) in [4.78, 5) is 14.0. The van der Waals surface area contributed by atoms with E-state index in [1.54, 1.807) is 0 Å². The molecule has 0 amide bonds. The van der Waals surface area contributed by atoms with Gasteiger partial charge >= 0.3 is 5.97 Å². The van der Waals surface area contributed by atoms with E-state index >= 15 is 0 Å². The summed E-state index contributed by atoms with van der Waals surface area (Å²) in [6.45, 7) is 9.40. The maximum atomic E-state index is 11.7. The molecule has 0 aliphatic carbocycles. The van der Waals surface area contributed by atoms with Gasteiger partial charge in [0, 0.05) is 18.6 Å². The van der Waals surface area contributed by atoms with Crippen molar-refractivity contribution in [3.05, 3.63) is 0 Å². The van der Waals surface area contributed by atoms with Crippen molar-refractivity contribution < 1.29 is 9.53 Å². The van der Waals surface area contributed by atoms with E-state index in [0.29, 0.717) is 6.04 Å². The normalized spacial score (nSPS) is 13.4. The van der Waals surface area contributed by atoms with Crippen molar-refractivity contribution in [2.75, 3.05) is 20.7 Å². The fraction of sp³-hybridized carbons (Fsp3) is 0.929. The molecule has 0 saturated carbocycles. The van der Waals surface area contributed by atoms with Crippen LogP contribution in [0.25, 0.3) is 0 Å². The van der Waals surface area contributed by atoms with Gasteiger partial charge in [-0.15, -0.1) is 0 Å². The molecule has 0 spiro atoms. The maximum absolute atomic E-state index is 11.7. The zero-order valence-corrected chi connectivity index (χ0v) is 12.8. The van der Waals surface area contributed by atoms with Gasteiger partial charge in [-0.1, -0.05) is 27.7 Å². The second-order valence-electron chi connectivity index (χ2n) is 5.14. The molecule has 4 nitrogen and oxygen atoms in total. The van der Waals surface area contributed by atoms with E-state index in [1.807, 2.05) is 13.8 Å². The van der Waals surface area contributed by atoms with Gasteiger partial charge in [0.15, 0.2) is 0 Å². The number of esters is 1. The minimum Gasteiger partial charge on any atom is -0.468 e. The van der Waals surface area contributed by atoms with Crippen molar-refractivity contribution in [2.24, 2.45) is 0 Å². The summed E-state index contributed by atoms with van der Waals surface area (Å²) in [7, 11) is 3.57. The van der Waals surface area contributed by atoms with Crippen LogP contribution in [-0.4, -0.2) is 49.7 Å². The molecule has 4 heteroatoms. The molecule has 0 aliphatic rings. The Hall–Kier alpha value is -0.610. The number of hydrogen-bond donors (Lipinski definition) is 1. The van der Waals surface area contributed by atoms with Crippen molar-refractivity contribution in [3.8, 4) is 0 Å². The lowest BCUT2D eigenvalue weighted by Crippen LogP contribution is -2.44. The SMILES string of the molecule is CCC(CC)N(C)CCC(NC(C)C)C(=O)OC. The van der Waals surface area contributed by atoms with Crippen molar-refractivity contribution in [1.29, 1.82) is 0 Å². The Morgan fingerprint density at radius 2 is 1.83 bits per heavy atom. The molecule has 0 aromatic carbocycles. The number of ether oxygens (including phenoxy) is 1. The number of methoxy groups -OCH3 is 1. The molecule has 0 aromatic rings. The predicted octanol–water partition coefficient (Wildman–Crippen LogP) is 2.04. The van der Waals surface area contributed by atoms with Gasteiger partial charge in [-0.3, -0.25) is 4.79 Å². The zero-order chi connectivity index (χ0) is 14.1. The fourth-order valence-corrected chi connectivity index (χ4v) is 2.24. The van der Waals surface area contributed by atoms with E-state index in [-0.39, 0.29) is 18.1 Å². The topological polar surface area (TPSA) is 41.6 Å². The molecular weight excluding hydrogens is 228 g/mol. The Morgan fingerprint density at radius 3 is 2.22 bits per heavy atom. The van der Waals surface area contributed by atoms with Gasteiger partial charge in [-0.25, -0.2) is 0 Å². The molecule has 0 rings (SSSR count). The quantitative estimate of drug-likeness (QED) is 0.643. The molecule has 0 bridgehead atoms.